The summed E-state index contributed by atoms with van der Waals surface area (Å²) in [5, 5.41) is 10.1. The van der Waals surface area contributed by atoms with Crippen molar-refractivity contribution in [2.45, 2.75) is 12.5 Å². The van der Waals surface area contributed by atoms with Gasteiger partial charge in [0.15, 0.2) is 0 Å². The number of fused-ring (bicyclic) bond motifs is 1. The molecule has 3 nitrogen and oxygen atoms in total. The van der Waals surface area contributed by atoms with Crippen LogP contribution in [0.15, 0.2) is 48.7 Å². The van der Waals surface area contributed by atoms with Crippen LogP contribution in [0.5, 0.6) is 0 Å². The fourth-order valence-corrected chi connectivity index (χ4v) is 2.16. The van der Waals surface area contributed by atoms with E-state index < -0.39 is 17.7 Å². The zero-order valence-corrected chi connectivity index (χ0v) is 11.0. The minimum Gasteiger partial charge on any atom is -0.386 e. The molecule has 21 heavy (non-hydrogen) atoms. The highest BCUT2D eigenvalue weighted by molar-refractivity contribution is 5.73. The second kappa shape index (κ2) is 5.54. The standard InChI is InChI=1S/C16H12F2N2O/c17-11-4-3-5-12(18)10(11)8-16(21)15-9-19-13-6-1-2-7-14(13)20-15/h1-7,9,16,21H,8H2. The van der Waals surface area contributed by atoms with Crippen molar-refractivity contribution < 1.29 is 13.9 Å². The van der Waals surface area contributed by atoms with Crippen LogP contribution >= 0.6 is 0 Å². The van der Waals surface area contributed by atoms with E-state index in [1.54, 1.807) is 12.1 Å². The third-order valence-corrected chi connectivity index (χ3v) is 3.27. The van der Waals surface area contributed by atoms with Gasteiger partial charge in [0.05, 0.1) is 22.9 Å². The van der Waals surface area contributed by atoms with Crippen molar-refractivity contribution >= 4 is 11.0 Å². The SMILES string of the molecule is OC(Cc1c(F)cccc1F)c1cnc2ccccc2n1. The van der Waals surface area contributed by atoms with Crippen LogP contribution in [0.25, 0.3) is 11.0 Å². The van der Waals surface area contributed by atoms with Crippen molar-refractivity contribution in [2.24, 2.45) is 0 Å². The second-order valence-electron chi connectivity index (χ2n) is 4.70. The molecule has 0 bridgehead atoms. The number of hydrogen-bond acceptors (Lipinski definition) is 3. The van der Waals surface area contributed by atoms with Crippen LogP contribution in [0.1, 0.15) is 17.4 Å². The quantitative estimate of drug-likeness (QED) is 0.804. The van der Waals surface area contributed by atoms with Gasteiger partial charge in [0.2, 0.25) is 0 Å². The van der Waals surface area contributed by atoms with Crippen molar-refractivity contribution in [3.63, 3.8) is 0 Å². The lowest BCUT2D eigenvalue weighted by Gasteiger charge is -2.11. The average Bonchev–Trinajstić information content (AvgIpc) is 2.50. The van der Waals surface area contributed by atoms with Gasteiger partial charge in [-0.15, -0.1) is 0 Å². The lowest BCUT2D eigenvalue weighted by molar-refractivity contribution is 0.171. The molecule has 5 heteroatoms. The predicted octanol–water partition coefficient (Wildman–Crippen LogP) is 3.18. The summed E-state index contributed by atoms with van der Waals surface area (Å²) in [6.45, 7) is 0. The first-order valence-electron chi connectivity index (χ1n) is 6.48. The molecule has 0 saturated carbocycles. The summed E-state index contributed by atoms with van der Waals surface area (Å²) in [6.07, 6.45) is 0.116. The van der Waals surface area contributed by atoms with Crippen molar-refractivity contribution in [1.82, 2.24) is 9.97 Å². The Balaban J connectivity index is 1.91. The van der Waals surface area contributed by atoms with Gasteiger partial charge in [0, 0.05) is 12.0 Å². The lowest BCUT2D eigenvalue weighted by Crippen LogP contribution is -2.08. The van der Waals surface area contributed by atoms with Crippen molar-refractivity contribution in [2.75, 3.05) is 0 Å². The molecule has 0 aliphatic carbocycles. The number of aliphatic hydroxyl groups is 1. The fraction of sp³-hybridized carbons (Fsp3) is 0.125. The van der Waals surface area contributed by atoms with Gasteiger partial charge in [0.1, 0.15) is 17.7 Å². The topological polar surface area (TPSA) is 46.0 Å². The predicted molar refractivity (Wildman–Crippen MR) is 74.6 cm³/mol. The van der Waals surface area contributed by atoms with Crippen LogP contribution in [-0.4, -0.2) is 15.1 Å². The Kier molecular flexibility index (Phi) is 3.58. The zero-order chi connectivity index (χ0) is 14.8. The first kappa shape index (κ1) is 13.6. The highest BCUT2D eigenvalue weighted by Crippen LogP contribution is 2.21. The molecule has 1 unspecified atom stereocenters. The van der Waals surface area contributed by atoms with E-state index in [2.05, 4.69) is 9.97 Å². The molecular weight excluding hydrogens is 274 g/mol. The number of benzene rings is 2. The lowest BCUT2D eigenvalue weighted by atomic mass is 10.0. The van der Waals surface area contributed by atoms with E-state index in [0.29, 0.717) is 11.0 Å². The van der Waals surface area contributed by atoms with Gasteiger partial charge in [-0.1, -0.05) is 18.2 Å². The van der Waals surface area contributed by atoms with E-state index in [1.165, 1.54) is 12.3 Å². The molecular formula is C16H12F2N2O. The highest BCUT2D eigenvalue weighted by atomic mass is 19.1. The Hall–Kier alpha value is -2.40. The van der Waals surface area contributed by atoms with Crippen LogP contribution in [0.2, 0.25) is 0 Å². The molecule has 106 valence electrons. The monoisotopic (exact) mass is 286 g/mol. The molecule has 0 radical (unpaired) electrons. The minimum absolute atomic E-state index is 0.153. The summed E-state index contributed by atoms with van der Waals surface area (Å²) in [4.78, 5) is 8.45. The first-order valence-corrected chi connectivity index (χ1v) is 6.48. The number of halogens is 2. The van der Waals surface area contributed by atoms with Gasteiger partial charge in [0.25, 0.3) is 0 Å². The van der Waals surface area contributed by atoms with E-state index in [1.807, 2.05) is 12.1 Å². The second-order valence-corrected chi connectivity index (χ2v) is 4.70. The summed E-state index contributed by atoms with van der Waals surface area (Å²) in [5.41, 5.74) is 1.46. The van der Waals surface area contributed by atoms with Gasteiger partial charge in [-0.25, -0.2) is 13.8 Å². The molecule has 3 rings (SSSR count). The Morgan fingerprint density at radius 1 is 0.952 bits per heavy atom. The summed E-state index contributed by atoms with van der Waals surface area (Å²) in [7, 11) is 0. The molecule has 1 atom stereocenters. The molecule has 2 aromatic carbocycles. The van der Waals surface area contributed by atoms with E-state index in [0.717, 1.165) is 12.1 Å². The number of nitrogens with zero attached hydrogens (tertiary/aromatic N) is 2. The third kappa shape index (κ3) is 2.73. The summed E-state index contributed by atoms with van der Waals surface area (Å²) < 4.78 is 27.2. The Morgan fingerprint density at radius 2 is 1.62 bits per heavy atom. The molecule has 0 fully saturated rings. The van der Waals surface area contributed by atoms with Gasteiger partial charge >= 0.3 is 0 Å². The minimum atomic E-state index is -1.12. The van der Waals surface area contributed by atoms with Gasteiger partial charge < -0.3 is 5.11 Å². The zero-order valence-electron chi connectivity index (χ0n) is 11.0. The Bertz CT molecular complexity index is 772. The van der Waals surface area contributed by atoms with E-state index in [4.69, 9.17) is 0 Å². The maximum Gasteiger partial charge on any atom is 0.129 e. The van der Waals surface area contributed by atoms with Crippen molar-refractivity contribution in [3.05, 3.63) is 71.6 Å². The molecule has 0 aliphatic rings. The average molecular weight is 286 g/mol. The molecule has 0 amide bonds. The van der Waals surface area contributed by atoms with Gasteiger partial charge in [-0.3, -0.25) is 4.98 Å². The molecule has 3 aromatic rings. The van der Waals surface area contributed by atoms with E-state index >= 15 is 0 Å². The van der Waals surface area contributed by atoms with Gasteiger partial charge in [-0.05, 0) is 24.3 Å². The van der Waals surface area contributed by atoms with E-state index in [-0.39, 0.29) is 17.7 Å². The normalized spacial score (nSPS) is 12.5. The Morgan fingerprint density at radius 3 is 2.33 bits per heavy atom. The first-order chi connectivity index (χ1) is 10.1. The van der Waals surface area contributed by atoms with Crippen LogP contribution < -0.4 is 0 Å². The van der Waals surface area contributed by atoms with Crippen LogP contribution in [0, 0.1) is 11.6 Å². The maximum atomic E-state index is 13.6. The number of aromatic nitrogens is 2. The molecule has 0 saturated heterocycles. The molecule has 1 aromatic heterocycles. The van der Waals surface area contributed by atoms with Crippen LogP contribution in [0.3, 0.4) is 0 Å². The smallest absolute Gasteiger partial charge is 0.129 e. The summed E-state index contributed by atoms with van der Waals surface area (Å²) in [6, 6.07) is 10.8. The Labute approximate surface area is 119 Å². The number of hydrogen-bond donors (Lipinski definition) is 1. The van der Waals surface area contributed by atoms with Crippen molar-refractivity contribution in [3.8, 4) is 0 Å². The molecule has 0 spiro atoms. The number of para-hydroxylation sites is 2. The fourth-order valence-electron chi connectivity index (χ4n) is 2.16. The van der Waals surface area contributed by atoms with E-state index in [9.17, 15) is 13.9 Å². The number of aliphatic hydroxyl groups excluding tert-OH is 1. The third-order valence-electron chi connectivity index (χ3n) is 3.27. The van der Waals surface area contributed by atoms with Gasteiger partial charge in [-0.2, -0.15) is 0 Å². The molecule has 1 heterocycles. The summed E-state index contributed by atoms with van der Waals surface area (Å²) in [5.74, 6) is -1.36. The number of rotatable bonds is 3. The van der Waals surface area contributed by atoms with Crippen molar-refractivity contribution in [1.29, 1.82) is 0 Å². The van der Waals surface area contributed by atoms with Crippen LogP contribution in [-0.2, 0) is 6.42 Å². The van der Waals surface area contributed by atoms with Crippen LogP contribution in [0.4, 0.5) is 8.78 Å². The maximum absolute atomic E-state index is 13.6. The summed E-state index contributed by atoms with van der Waals surface area (Å²) >= 11 is 0. The molecule has 0 aliphatic heterocycles. The largest absolute Gasteiger partial charge is 0.386 e. The molecule has 1 N–H and O–H groups in total. The highest BCUT2D eigenvalue weighted by Gasteiger charge is 2.17.